The Morgan fingerprint density at radius 1 is 1.44 bits per heavy atom. The lowest BCUT2D eigenvalue weighted by atomic mass is 10.1. The molecule has 16 heavy (non-hydrogen) atoms. The highest BCUT2D eigenvalue weighted by Crippen LogP contribution is 2.10. The Balaban J connectivity index is 2.88. The Hall–Kier alpha value is -1.91. The van der Waals surface area contributed by atoms with Crippen LogP contribution in [0.3, 0.4) is 0 Å². The van der Waals surface area contributed by atoms with Gasteiger partial charge in [0.15, 0.2) is 0 Å². The number of halogens is 1. The molecule has 0 fully saturated rings. The van der Waals surface area contributed by atoms with E-state index in [-0.39, 0.29) is 18.3 Å². The normalized spacial score (nSPS) is 9.94. The molecule has 0 aliphatic heterocycles. The summed E-state index contributed by atoms with van der Waals surface area (Å²) in [7, 11) is 1.46. The van der Waals surface area contributed by atoms with Crippen molar-refractivity contribution in [1.82, 2.24) is 4.90 Å². The summed E-state index contributed by atoms with van der Waals surface area (Å²) >= 11 is 0. The fourth-order valence-electron chi connectivity index (χ4n) is 1.30. The lowest BCUT2D eigenvalue weighted by Gasteiger charge is -2.15. The molecule has 0 bridgehead atoms. The van der Waals surface area contributed by atoms with Gasteiger partial charge in [-0.15, -0.1) is 0 Å². The minimum absolute atomic E-state index is 0.157. The van der Waals surface area contributed by atoms with Gasteiger partial charge in [-0.05, 0) is 30.7 Å². The number of nitrogens with two attached hydrogens (primary N) is 1. The van der Waals surface area contributed by atoms with Crippen LogP contribution in [0.2, 0.25) is 0 Å². The molecule has 2 N–H and O–H groups in total. The third kappa shape index (κ3) is 2.79. The molecule has 0 aliphatic carbocycles. The number of carbonyl (C=O) groups is 2. The van der Waals surface area contributed by atoms with E-state index in [1.165, 1.54) is 30.1 Å². The molecule has 0 heterocycles. The molecule has 5 heteroatoms. The standard InChI is InChI=1S/C11H13FN2O2/c1-7-5-8(3-4-9(7)12)11(16)14(2)6-10(13)15/h3-5H,6H2,1-2H3,(H2,13,15). The number of aryl methyl sites for hydroxylation is 1. The summed E-state index contributed by atoms with van der Waals surface area (Å²) in [6, 6.07) is 4.04. The quantitative estimate of drug-likeness (QED) is 0.821. The molecule has 0 radical (unpaired) electrons. The van der Waals surface area contributed by atoms with E-state index in [1.807, 2.05) is 0 Å². The van der Waals surface area contributed by atoms with Crippen molar-refractivity contribution in [2.24, 2.45) is 5.73 Å². The van der Waals surface area contributed by atoms with Crippen molar-refractivity contribution in [1.29, 1.82) is 0 Å². The van der Waals surface area contributed by atoms with E-state index in [0.29, 0.717) is 11.1 Å². The summed E-state index contributed by atoms with van der Waals surface area (Å²) in [5.74, 6) is -1.31. The predicted octanol–water partition coefficient (Wildman–Crippen LogP) is 0.691. The summed E-state index contributed by atoms with van der Waals surface area (Å²) in [5.41, 5.74) is 5.69. The molecule has 1 aromatic rings. The Kier molecular flexibility index (Phi) is 3.60. The third-order valence-corrected chi connectivity index (χ3v) is 2.14. The molecule has 1 aromatic carbocycles. The zero-order valence-electron chi connectivity index (χ0n) is 9.16. The fourth-order valence-corrected chi connectivity index (χ4v) is 1.30. The molecule has 2 amide bonds. The maximum absolute atomic E-state index is 13.0. The largest absolute Gasteiger partial charge is 0.368 e. The highest BCUT2D eigenvalue weighted by atomic mass is 19.1. The molecule has 0 atom stereocenters. The van der Waals surface area contributed by atoms with Crippen LogP contribution in [0.4, 0.5) is 4.39 Å². The van der Waals surface area contributed by atoms with Gasteiger partial charge in [-0.3, -0.25) is 9.59 Å². The van der Waals surface area contributed by atoms with Crippen molar-refractivity contribution < 1.29 is 14.0 Å². The Morgan fingerprint density at radius 3 is 2.56 bits per heavy atom. The first-order valence-electron chi connectivity index (χ1n) is 4.71. The second-order valence-electron chi connectivity index (χ2n) is 3.59. The van der Waals surface area contributed by atoms with E-state index < -0.39 is 5.91 Å². The minimum Gasteiger partial charge on any atom is -0.368 e. The van der Waals surface area contributed by atoms with E-state index in [9.17, 15) is 14.0 Å². The predicted molar refractivity (Wildman–Crippen MR) is 57.3 cm³/mol. The third-order valence-electron chi connectivity index (χ3n) is 2.14. The maximum Gasteiger partial charge on any atom is 0.254 e. The summed E-state index contributed by atoms with van der Waals surface area (Å²) in [6.07, 6.45) is 0. The van der Waals surface area contributed by atoms with Gasteiger partial charge < -0.3 is 10.6 Å². The van der Waals surface area contributed by atoms with Crippen molar-refractivity contribution in [3.8, 4) is 0 Å². The van der Waals surface area contributed by atoms with Crippen LogP contribution < -0.4 is 5.73 Å². The molecular weight excluding hydrogens is 211 g/mol. The lowest BCUT2D eigenvalue weighted by Crippen LogP contribution is -2.35. The van der Waals surface area contributed by atoms with Gasteiger partial charge >= 0.3 is 0 Å². The van der Waals surface area contributed by atoms with E-state index in [2.05, 4.69) is 0 Å². The van der Waals surface area contributed by atoms with Gasteiger partial charge in [-0.2, -0.15) is 0 Å². The van der Waals surface area contributed by atoms with Crippen LogP contribution in [0.5, 0.6) is 0 Å². The van der Waals surface area contributed by atoms with Crippen LogP contribution >= 0.6 is 0 Å². The molecule has 0 spiro atoms. The SMILES string of the molecule is Cc1cc(C(=O)N(C)CC(N)=O)ccc1F. The van der Waals surface area contributed by atoms with Crippen LogP contribution in [-0.4, -0.2) is 30.3 Å². The minimum atomic E-state index is -0.588. The van der Waals surface area contributed by atoms with Crippen molar-refractivity contribution in [2.45, 2.75) is 6.92 Å². The van der Waals surface area contributed by atoms with Crippen molar-refractivity contribution in [2.75, 3.05) is 13.6 Å². The van der Waals surface area contributed by atoms with E-state index in [1.54, 1.807) is 6.92 Å². The second kappa shape index (κ2) is 4.74. The number of likely N-dealkylation sites (N-methyl/N-ethyl adjacent to an activating group) is 1. The average molecular weight is 224 g/mol. The number of nitrogens with zero attached hydrogens (tertiary/aromatic N) is 1. The van der Waals surface area contributed by atoms with Crippen molar-refractivity contribution in [3.05, 3.63) is 35.1 Å². The first-order valence-corrected chi connectivity index (χ1v) is 4.71. The molecule has 1 rings (SSSR count). The average Bonchev–Trinajstić information content (AvgIpc) is 2.20. The molecule has 4 nitrogen and oxygen atoms in total. The monoisotopic (exact) mass is 224 g/mol. The molecule has 0 unspecified atom stereocenters. The summed E-state index contributed by atoms with van der Waals surface area (Å²) < 4.78 is 13.0. The van der Waals surface area contributed by atoms with Gasteiger partial charge in [0, 0.05) is 12.6 Å². The molecule has 86 valence electrons. The number of amides is 2. The van der Waals surface area contributed by atoms with Crippen molar-refractivity contribution in [3.63, 3.8) is 0 Å². The van der Waals surface area contributed by atoms with Gasteiger partial charge in [-0.25, -0.2) is 4.39 Å². The van der Waals surface area contributed by atoms with E-state index >= 15 is 0 Å². The van der Waals surface area contributed by atoms with E-state index in [4.69, 9.17) is 5.73 Å². The Bertz CT molecular complexity index is 432. The first kappa shape index (κ1) is 12.2. The number of hydrogen-bond donors (Lipinski definition) is 1. The van der Waals surface area contributed by atoms with Gasteiger partial charge in [0.25, 0.3) is 5.91 Å². The van der Waals surface area contributed by atoms with E-state index in [0.717, 1.165) is 0 Å². The highest BCUT2D eigenvalue weighted by molar-refractivity contribution is 5.96. The Morgan fingerprint density at radius 2 is 2.06 bits per heavy atom. The molecule has 0 aromatic heterocycles. The van der Waals surface area contributed by atoms with Crippen LogP contribution in [-0.2, 0) is 4.79 Å². The second-order valence-corrected chi connectivity index (χ2v) is 3.59. The summed E-state index contributed by atoms with van der Waals surface area (Å²) in [4.78, 5) is 23.6. The van der Waals surface area contributed by atoms with Crippen LogP contribution in [0.25, 0.3) is 0 Å². The van der Waals surface area contributed by atoms with Gasteiger partial charge in [0.1, 0.15) is 5.82 Å². The van der Waals surface area contributed by atoms with Gasteiger partial charge in [-0.1, -0.05) is 0 Å². The zero-order valence-corrected chi connectivity index (χ0v) is 9.16. The molecular formula is C11H13FN2O2. The summed E-state index contributed by atoms with van der Waals surface area (Å²) in [5, 5.41) is 0. The van der Waals surface area contributed by atoms with Gasteiger partial charge in [0.2, 0.25) is 5.91 Å². The molecule has 0 saturated carbocycles. The Labute approximate surface area is 92.8 Å². The summed E-state index contributed by atoms with van der Waals surface area (Å²) in [6.45, 7) is 1.41. The number of carbonyl (C=O) groups excluding carboxylic acids is 2. The maximum atomic E-state index is 13.0. The van der Waals surface area contributed by atoms with Crippen LogP contribution in [0, 0.1) is 12.7 Å². The number of benzene rings is 1. The smallest absolute Gasteiger partial charge is 0.254 e. The zero-order chi connectivity index (χ0) is 12.3. The fraction of sp³-hybridized carbons (Fsp3) is 0.273. The van der Waals surface area contributed by atoms with Crippen molar-refractivity contribution >= 4 is 11.8 Å². The highest BCUT2D eigenvalue weighted by Gasteiger charge is 2.14. The lowest BCUT2D eigenvalue weighted by molar-refractivity contribution is -0.118. The number of primary amides is 1. The topological polar surface area (TPSA) is 63.4 Å². The first-order chi connectivity index (χ1) is 7.41. The number of rotatable bonds is 3. The molecule has 0 saturated heterocycles. The molecule has 0 aliphatic rings. The van der Waals surface area contributed by atoms with Crippen LogP contribution in [0.15, 0.2) is 18.2 Å². The van der Waals surface area contributed by atoms with Gasteiger partial charge in [0.05, 0.1) is 6.54 Å². The number of hydrogen-bond acceptors (Lipinski definition) is 2. The van der Waals surface area contributed by atoms with Crippen LogP contribution in [0.1, 0.15) is 15.9 Å².